The van der Waals surface area contributed by atoms with E-state index in [2.05, 4.69) is 29.4 Å². The Bertz CT molecular complexity index is 700. The van der Waals surface area contributed by atoms with E-state index in [0.29, 0.717) is 17.3 Å². The summed E-state index contributed by atoms with van der Waals surface area (Å²) < 4.78 is 0. The van der Waals surface area contributed by atoms with Crippen LogP contribution in [-0.4, -0.2) is 10.9 Å². The molecular formula is C22H28N2O. The fourth-order valence-corrected chi connectivity index (χ4v) is 3.89. The molecule has 1 aliphatic carbocycles. The minimum absolute atomic E-state index is 0.101. The first-order valence-electron chi connectivity index (χ1n) is 9.49. The molecule has 0 spiro atoms. The first-order chi connectivity index (χ1) is 12.2. The zero-order valence-corrected chi connectivity index (χ0v) is 15.3. The molecule has 3 heteroatoms. The molecule has 3 nitrogen and oxygen atoms in total. The van der Waals surface area contributed by atoms with Gasteiger partial charge in [-0.25, -0.2) is 4.98 Å². The molecule has 0 radical (unpaired) electrons. The molecule has 1 aromatic carbocycles. The maximum absolute atomic E-state index is 12.4. The Labute approximate surface area is 150 Å². The molecule has 0 atom stereocenters. The van der Waals surface area contributed by atoms with Crippen LogP contribution in [-0.2, 0) is 0 Å². The fraction of sp³-hybridized carbons (Fsp3) is 0.455. The van der Waals surface area contributed by atoms with Crippen LogP contribution in [0.1, 0.15) is 72.9 Å². The van der Waals surface area contributed by atoms with Crippen molar-refractivity contribution in [1.29, 1.82) is 0 Å². The molecule has 1 fully saturated rings. The van der Waals surface area contributed by atoms with E-state index < -0.39 is 0 Å². The zero-order valence-electron chi connectivity index (χ0n) is 15.3. The molecule has 0 unspecified atom stereocenters. The summed E-state index contributed by atoms with van der Waals surface area (Å²) in [5, 5.41) is 2.87. The number of hydrogen-bond donors (Lipinski definition) is 1. The van der Waals surface area contributed by atoms with Crippen molar-refractivity contribution in [3.05, 3.63) is 59.3 Å². The maximum Gasteiger partial charge on any atom is 0.256 e. The SMILES string of the molecule is CCCC1CCC(c2ccc(C(=O)Nc3cc(C)ccn3)cc2)CC1. The Morgan fingerprint density at radius 2 is 1.84 bits per heavy atom. The number of benzene rings is 1. The smallest absolute Gasteiger partial charge is 0.256 e. The molecule has 1 saturated carbocycles. The predicted molar refractivity (Wildman–Crippen MR) is 103 cm³/mol. The van der Waals surface area contributed by atoms with Crippen molar-refractivity contribution >= 4 is 11.7 Å². The molecule has 1 aromatic heterocycles. The van der Waals surface area contributed by atoms with Crippen LogP contribution in [0.15, 0.2) is 42.6 Å². The third-order valence-electron chi connectivity index (χ3n) is 5.34. The lowest BCUT2D eigenvalue weighted by molar-refractivity contribution is 0.102. The Kier molecular flexibility index (Phi) is 5.85. The normalized spacial score (nSPS) is 20.2. The fourth-order valence-electron chi connectivity index (χ4n) is 3.89. The number of anilines is 1. The third-order valence-corrected chi connectivity index (χ3v) is 5.34. The summed E-state index contributed by atoms with van der Waals surface area (Å²) in [6, 6.07) is 11.9. The molecule has 1 heterocycles. The van der Waals surface area contributed by atoms with E-state index in [9.17, 15) is 4.79 Å². The number of pyridine rings is 1. The lowest BCUT2D eigenvalue weighted by atomic mass is 9.77. The van der Waals surface area contributed by atoms with E-state index in [-0.39, 0.29) is 5.91 Å². The second-order valence-electron chi connectivity index (χ2n) is 7.30. The topological polar surface area (TPSA) is 42.0 Å². The molecule has 3 rings (SSSR count). The quantitative estimate of drug-likeness (QED) is 0.759. The summed E-state index contributed by atoms with van der Waals surface area (Å²) in [7, 11) is 0. The Balaban J connectivity index is 1.59. The van der Waals surface area contributed by atoms with Gasteiger partial charge in [0.15, 0.2) is 0 Å². The predicted octanol–water partition coefficient (Wildman–Crippen LogP) is 5.72. The molecule has 1 aliphatic rings. The van der Waals surface area contributed by atoms with Crippen LogP contribution < -0.4 is 5.32 Å². The zero-order chi connectivity index (χ0) is 17.6. The molecule has 0 bridgehead atoms. The van der Waals surface area contributed by atoms with Gasteiger partial charge in [0.1, 0.15) is 5.82 Å². The van der Waals surface area contributed by atoms with Gasteiger partial charge in [-0.2, -0.15) is 0 Å². The number of aryl methyl sites for hydroxylation is 1. The summed E-state index contributed by atoms with van der Waals surface area (Å²) in [4.78, 5) is 16.6. The molecule has 0 aliphatic heterocycles. The van der Waals surface area contributed by atoms with Gasteiger partial charge in [0, 0.05) is 11.8 Å². The van der Waals surface area contributed by atoms with Gasteiger partial charge in [0.05, 0.1) is 0 Å². The van der Waals surface area contributed by atoms with Crippen LogP contribution in [0.4, 0.5) is 5.82 Å². The van der Waals surface area contributed by atoms with E-state index in [4.69, 9.17) is 0 Å². The second kappa shape index (κ2) is 8.28. The van der Waals surface area contributed by atoms with Crippen molar-refractivity contribution in [2.24, 2.45) is 5.92 Å². The molecule has 132 valence electrons. The van der Waals surface area contributed by atoms with Gasteiger partial charge in [-0.3, -0.25) is 4.79 Å². The van der Waals surface area contributed by atoms with Crippen molar-refractivity contribution in [3.63, 3.8) is 0 Å². The second-order valence-corrected chi connectivity index (χ2v) is 7.30. The summed E-state index contributed by atoms with van der Waals surface area (Å²) >= 11 is 0. The van der Waals surface area contributed by atoms with E-state index >= 15 is 0 Å². The van der Waals surface area contributed by atoms with Crippen molar-refractivity contribution < 1.29 is 4.79 Å². The summed E-state index contributed by atoms with van der Waals surface area (Å²) in [6.07, 6.45) is 9.64. The van der Waals surface area contributed by atoms with Gasteiger partial charge >= 0.3 is 0 Å². The first-order valence-corrected chi connectivity index (χ1v) is 9.49. The van der Waals surface area contributed by atoms with Crippen molar-refractivity contribution in [2.45, 2.75) is 58.3 Å². The minimum atomic E-state index is -0.101. The van der Waals surface area contributed by atoms with Gasteiger partial charge < -0.3 is 5.32 Å². The number of carbonyl (C=O) groups excluding carboxylic acids is 1. The van der Waals surface area contributed by atoms with Crippen LogP contribution in [0.3, 0.4) is 0 Å². The lowest BCUT2D eigenvalue weighted by Gasteiger charge is -2.28. The van der Waals surface area contributed by atoms with Gasteiger partial charge in [-0.15, -0.1) is 0 Å². The molecule has 1 N–H and O–H groups in total. The highest BCUT2D eigenvalue weighted by Crippen LogP contribution is 2.37. The van der Waals surface area contributed by atoms with Gasteiger partial charge in [-0.05, 0) is 79.8 Å². The maximum atomic E-state index is 12.4. The Morgan fingerprint density at radius 3 is 2.48 bits per heavy atom. The molecule has 0 saturated heterocycles. The number of carbonyl (C=O) groups is 1. The number of aromatic nitrogens is 1. The molecule has 1 amide bonds. The molecule has 2 aromatic rings. The lowest BCUT2D eigenvalue weighted by Crippen LogP contribution is -2.15. The average Bonchev–Trinajstić information content (AvgIpc) is 2.63. The minimum Gasteiger partial charge on any atom is -0.307 e. The van der Waals surface area contributed by atoms with E-state index in [0.717, 1.165) is 11.5 Å². The largest absolute Gasteiger partial charge is 0.307 e. The first kappa shape index (κ1) is 17.7. The summed E-state index contributed by atoms with van der Waals surface area (Å²) in [6.45, 7) is 4.27. The number of rotatable bonds is 5. The number of hydrogen-bond acceptors (Lipinski definition) is 2. The van der Waals surface area contributed by atoms with Crippen molar-refractivity contribution in [2.75, 3.05) is 5.32 Å². The number of nitrogens with zero attached hydrogens (tertiary/aromatic N) is 1. The average molecular weight is 336 g/mol. The van der Waals surface area contributed by atoms with Crippen LogP contribution in [0.2, 0.25) is 0 Å². The highest BCUT2D eigenvalue weighted by atomic mass is 16.1. The monoisotopic (exact) mass is 336 g/mol. The van der Waals surface area contributed by atoms with E-state index in [1.165, 1.54) is 44.1 Å². The highest BCUT2D eigenvalue weighted by Gasteiger charge is 2.21. The van der Waals surface area contributed by atoms with Crippen LogP contribution in [0.25, 0.3) is 0 Å². The van der Waals surface area contributed by atoms with Crippen molar-refractivity contribution in [1.82, 2.24) is 4.98 Å². The Morgan fingerprint density at radius 1 is 1.12 bits per heavy atom. The van der Waals surface area contributed by atoms with Crippen LogP contribution in [0.5, 0.6) is 0 Å². The number of amides is 1. The standard InChI is InChI=1S/C22H28N2O/c1-3-4-17-5-7-18(8-6-17)19-9-11-20(12-10-19)22(25)24-21-15-16(2)13-14-23-21/h9-15,17-18H,3-8H2,1-2H3,(H,23,24,25). The van der Waals surface area contributed by atoms with Crippen molar-refractivity contribution in [3.8, 4) is 0 Å². The molecular weight excluding hydrogens is 308 g/mol. The third kappa shape index (κ3) is 4.68. The van der Waals surface area contributed by atoms with Crippen LogP contribution >= 0.6 is 0 Å². The van der Waals surface area contributed by atoms with E-state index in [1.807, 2.05) is 31.2 Å². The van der Waals surface area contributed by atoms with Gasteiger partial charge in [-0.1, -0.05) is 31.9 Å². The summed E-state index contributed by atoms with van der Waals surface area (Å²) in [5.74, 6) is 2.08. The van der Waals surface area contributed by atoms with Gasteiger partial charge in [0.25, 0.3) is 5.91 Å². The summed E-state index contributed by atoms with van der Waals surface area (Å²) in [5.41, 5.74) is 3.14. The van der Waals surface area contributed by atoms with Crippen LogP contribution in [0, 0.1) is 12.8 Å². The molecule has 25 heavy (non-hydrogen) atoms. The Hall–Kier alpha value is -2.16. The van der Waals surface area contributed by atoms with E-state index in [1.54, 1.807) is 6.20 Å². The number of nitrogens with one attached hydrogen (secondary N) is 1. The van der Waals surface area contributed by atoms with Gasteiger partial charge in [0.2, 0.25) is 0 Å². The highest BCUT2D eigenvalue weighted by molar-refractivity contribution is 6.03.